The Morgan fingerprint density at radius 2 is 1.88 bits per heavy atom. The SMILES string of the molecule is CC1=CCC[C@](C)(O)[C@H](O)CCC(C)=C[C@@H]2OC(=O)C(C)=C2CC1. The molecule has 0 saturated carbocycles. The lowest BCUT2D eigenvalue weighted by Crippen LogP contribution is -2.39. The summed E-state index contributed by atoms with van der Waals surface area (Å²) in [6.45, 7) is 7.59. The van der Waals surface area contributed by atoms with Crippen LogP contribution < -0.4 is 0 Å². The molecule has 0 bridgehead atoms. The topological polar surface area (TPSA) is 66.8 Å². The molecule has 4 nitrogen and oxygen atoms in total. The first-order valence-corrected chi connectivity index (χ1v) is 8.84. The van der Waals surface area contributed by atoms with Crippen LogP contribution in [0.1, 0.15) is 66.2 Å². The number of carbonyl (C=O) groups is 1. The predicted molar refractivity (Wildman–Crippen MR) is 94.4 cm³/mol. The lowest BCUT2D eigenvalue weighted by molar-refractivity contribution is -0.138. The van der Waals surface area contributed by atoms with Crippen molar-refractivity contribution in [1.82, 2.24) is 0 Å². The van der Waals surface area contributed by atoms with Gasteiger partial charge in [0.05, 0.1) is 11.7 Å². The van der Waals surface area contributed by atoms with Crippen LogP contribution in [0, 0.1) is 0 Å². The Kier molecular flexibility index (Phi) is 6.05. The van der Waals surface area contributed by atoms with E-state index in [-0.39, 0.29) is 12.1 Å². The van der Waals surface area contributed by atoms with Crippen molar-refractivity contribution in [3.63, 3.8) is 0 Å². The minimum atomic E-state index is -1.08. The van der Waals surface area contributed by atoms with Crippen molar-refractivity contribution in [2.75, 3.05) is 0 Å². The van der Waals surface area contributed by atoms with E-state index in [1.165, 1.54) is 5.57 Å². The molecule has 2 aliphatic rings. The summed E-state index contributed by atoms with van der Waals surface area (Å²) in [5, 5.41) is 20.8. The smallest absolute Gasteiger partial charge is 0.334 e. The quantitative estimate of drug-likeness (QED) is 0.525. The van der Waals surface area contributed by atoms with E-state index in [0.29, 0.717) is 19.3 Å². The molecule has 2 rings (SSSR count). The maximum Gasteiger partial charge on any atom is 0.334 e. The highest BCUT2D eigenvalue weighted by atomic mass is 16.5. The molecule has 1 heterocycles. The second-order valence-electron chi connectivity index (χ2n) is 7.49. The second kappa shape index (κ2) is 7.66. The summed E-state index contributed by atoms with van der Waals surface area (Å²) in [5.41, 5.74) is 3.02. The van der Waals surface area contributed by atoms with Crippen molar-refractivity contribution >= 4 is 5.97 Å². The van der Waals surface area contributed by atoms with Crippen molar-refractivity contribution in [2.45, 2.75) is 84.0 Å². The highest BCUT2D eigenvalue weighted by Crippen LogP contribution is 2.31. The van der Waals surface area contributed by atoms with Crippen LogP contribution in [0.5, 0.6) is 0 Å². The molecule has 3 atom stereocenters. The first kappa shape index (κ1) is 18.9. The highest BCUT2D eigenvalue weighted by molar-refractivity contribution is 5.92. The van der Waals surface area contributed by atoms with Gasteiger partial charge in [0, 0.05) is 5.57 Å². The Hall–Kier alpha value is -1.39. The Labute approximate surface area is 144 Å². The minimum Gasteiger partial charge on any atom is -0.450 e. The molecule has 0 unspecified atom stereocenters. The number of esters is 1. The van der Waals surface area contributed by atoms with Gasteiger partial charge in [0.25, 0.3) is 0 Å². The Morgan fingerprint density at radius 3 is 2.58 bits per heavy atom. The number of carbonyl (C=O) groups excluding carboxylic acids is 1. The van der Waals surface area contributed by atoms with Gasteiger partial charge in [-0.25, -0.2) is 4.79 Å². The van der Waals surface area contributed by atoms with Crippen LogP contribution in [0.15, 0.2) is 34.4 Å². The first-order valence-electron chi connectivity index (χ1n) is 8.84. The summed E-state index contributed by atoms with van der Waals surface area (Å²) >= 11 is 0. The molecule has 134 valence electrons. The molecule has 0 aromatic heterocycles. The average molecular weight is 334 g/mol. The number of rotatable bonds is 0. The fraction of sp³-hybridized carbons (Fsp3) is 0.650. The van der Waals surface area contributed by atoms with Gasteiger partial charge >= 0.3 is 5.97 Å². The number of fused-ring (bicyclic) bond motifs is 1. The lowest BCUT2D eigenvalue weighted by Gasteiger charge is -2.29. The van der Waals surface area contributed by atoms with Crippen LogP contribution >= 0.6 is 0 Å². The standard InChI is InChI=1S/C20H30O4/c1-13-6-5-11-20(4,23)18(21)10-8-14(2)12-17-16(9-7-13)15(3)19(22)24-17/h6,12,17-18,21,23H,5,7-11H2,1-4H3/t17-,18+,20-/m0/s1. The number of ether oxygens (including phenoxy) is 1. The van der Waals surface area contributed by atoms with Gasteiger partial charge in [-0.2, -0.15) is 0 Å². The van der Waals surface area contributed by atoms with E-state index in [4.69, 9.17) is 4.74 Å². The number of allylic oxidation sites excluding steroid dienone is 3. The molecule has 0 aromatic rings. The van der Waals surface area contributed by atoms with Crippen molar-refractivity contribution in [3.05, 3.63) is 34.4 Å². The van der Waals surface area contributed by atoms with Gasteiger partial charge in [-0.1, -0.05) is 17.2 Å². The molecule has 0 saturated heterocycles. The first-order chi connectivity index (χ1) is 11.2. The number of hydrogen-bond acceptors (Lipinski definition) is 4. The molecule has 4 heteroatoms. The summed E-state index contributed by atoms with van der Waals surface area (Å²) in [7, 11) is 0. The largest absolute Gasteiger partial charge is 0.450 e. The molecule has 0 aromatic carbocycles. The summed E-state index contributed by atoms with van der Waals surface area (Å²) in [6.07, 6.45) is 7.19. The van der Waals surface area contributed by atoms with Crippen LogP contribution in [0.2, 0.25) is 0 Å². The molecule has 2 N–H and O–H groups in total. The van der Waals surface area contributed by atoms with Crippen LogP contribution in [-0.4, -0.2) is 34.0 Å². The molecular weight excluding hydrogens is 304 g/mol. The Bertz CT molecular complexity index is 580. The van der Waals surface area contributed by atoms with Gasteiger partial charge in [0.1, 0.15) is 6.10 Å². The number of hydrogen-bond donors (Lipinski definition) is 2. The Balaban J connectivity index is 2.25. The zero-order valence-corrected chi connectivity index (χ0v) is 15.3. The Morgan fingerprint density at radius 1 is 1.17 bits per heavy atom. The lowest BCUT2D eigenvalue weighted by atomic mass is 9.88. The normalized spacial score (nSPS) is 33.3. The van der Waals surface area contributed by atoms with Gasteiger partial charge in [0.15, 0.2) is 0 Å². The average Bonchev–Trinajstić information content (AvgIpc) is 2.76. The predicted octanol–water partition coefficient (Wildman–Crippen LogP) is 3.59. The molecule has 0 radical (unpaired) electrons. The molecule has 0 spiro atoms. The molecule has 1 aliphatic heterocycles. The second-order valence-corrected chi connectivity index (χ2v) is 7.49. The van der Waals surface area contributed by atoms with Crippen LogP contribution in [0.4, 0.5) is 0 Å². The number of aliphatic hydroxyl groups excluding tert-OH is 1. The van der Waals surface area contributed by atoms with Crippen molar-refractivity contribution in [2.24, 2.45) is 0 Å². The van der Waals surface area contributed by atoms with Crippen molar-refractivity contribution in [3.8, 4) is 0 Å². The molecule has 0 fully saturated rings. The third kappa shape index (κ3) is 4.58. The summed E-state index contributed by atoms with van der Waals surface area (Å²) < 4.78 is 5.49. The third-order valence-electron chi connectivity index (χ3n) is 5.26. The van der Waals surface area contributed by atoms with E-state index >= 15 is 0 Å². The van der Waals surface area contributed by atoms with E-state index in [1.807, 2.05) is 19.9 Å². The highest BCUT2D eigenvalue weighted by Gasteiger charge is 2.31. The minimum absolute atomic E-state index is 0.229. The maximum atomic E-state index is 11.9. The van der Waals surface area contributed by atoms with E-state index in [1.54, 1.807) is 6.92 Å². The summed E-state index contributed by atoms with van der Waals surface area (Å²) in [4.78, 5) is 11.9. The summed E-state index contributed by atoms with van der Waals surface area (Å²) in [6, 6.07) is 0. The van der Waals surface area contributed by atoms with Crippen LogP contribution in [-0.2, 0) is 9.53 Å². The zero-order chi connectivity index (χ0) is 17.9. The molecule has 1 aliphatic carbocycles. The number of aliphatic hydroxyl groups is 2. The third-order valence-corrected chi connectivity index (χ3v) is 5.26. The monoisotopic (exact) mass is 334 g/mol. The van der Waals surface area contributed by atoms with E-state index in [2.05, 4.69) is 13.0 Å². The van der Waals surface area contributed by atoms with Crippen LogP contribution in [0.3, 0.4) is 0 Å². The van der Waals surface area contributed by atoms with Gasteiger partial charge in [-0.3, -0.25) is 0 Å². The fourth-order valence-electron chi connectivity index (χ4n) is 3.31. The zero-order valence-electron chi connectivity index (χ0n) is 15.3. The van der Waals surface area contributed by atoms with Crippen LogP contribution in [0.25, 0.3) is 0 Å². The van der Waals surface area contributed by atoms with Crippen molar-refractivity contribution < 1.29 is 19.7 Å². The maximum absolute atomic E-state index is 11.9. The summed E-state index contributed by atoms with van der Waals surface area (Å²) in [5.74, 6) is -0.229. The van der Waals surface area contributed by atoms with E-state index in [0.717, 1.165) is 36.0 Å². The molecule has 24 heavy (non-hydrogen) atoms. The van der Waals surface area contributed by atoms with Gasteiger partial charge < -0.3 is 14.9 Å². The molecular formula is C20H30O4. The van der Waals surface area contributed by atoms with Gasteiger partial charge in [-0.05, 0) is 77.9 Å². The van der Waals surface area contributed by atoms with Gasteiger partial charge in [0.2, 0.25) is 0 Å². The fourth-order valence-corrected chi connectivity index (χ4v) is 3.31. The van der Waals surface area contributed by atoms with E-state index in [9.17, 15) is 15.0 Å². The van der Waals surface area contributed by atoms with Gasteiger partial charge in [-0.15, -0.1) is 0 Å². The van der Waals surface area contributed by atoms with Crippen molar-refractivity contribution in [1.29, 1.82) is 0 Å². The van der Waals surface area contributed by atoms with E-state index < -0.39 is 11.7 Å². The molecule has 0 amide bonds.